The van der Waals surface area contributed by atoms with Gasteiger partial charge in [0.15, 0.2) is 24.0 Å². The van der Waals surface area contributed by atoms with Crippen molar-refractivity contribution in [3.8, 4) is 0 Å². The molecule has 1 unspecified atom stereocenters. The van der Waals surface area contributed by atoms with Crippen LogP contribution in [0.1, 0.15) is 52.2 Å². The Morgan fingerprint density at radius 3 is 2.85 bits per heavy atom. The van der Waals surface area contributed by atoms with Crippen LogP contribution in [0.15, 0.2) is 12.7 Å². The van der Waals surface area contributed by atoms with E-state index >= 15 is 0 Å². The van der Waals surface area contributed by atoms with Crippen molar-refractivity contribution in [2.75, 3.05) is 12.3 Å². The molecule has 3 N–H and O–H groups in total. The molecule has 0 amide bonds. The van der Waals surface area contributed by atoms with E-state index in [9.17, 15) is 5.11 Å². The molecule has 148 valence electrons. The first kappa shape index (κ1) is 18.5. The number of hydrogen-bond acceptors (Lipinski definition) is 8. The molecule has 4 rings (SSSR count). The third-order valence-corrected chi connectivity index (χ3v) is 5.49. The molecule has 9 nitrogen and oxygen atoms in total. The number of fused-ring (bicyclic) bond motifs is 2. The van der Waals surface area contributed by atoms with Crippen LogP contribution in [0.2, 0.25) is 0 Å². The zero-order valence-corrected chi connectivity index (χ0v) is 15.7. The topological polar surface area (TPSA) is 118 Å². The third-order valence-electron chi connectivity index (χ3n) is 5.49. The Morgan fingerprint density at radius 2 is 2.07 bits per heavy atom. The van der Waals surface area contributed by atoms with E-state index in [0.29, 0.717) is 17.0 Å². The number of nitrogen functional groups attached to an aromatic ring is 1. The van der Waals surface area contributed by atoms with Gasteiger partial charge in [-0.2, -0.15) is 0 Å². The van der Waals surface area contributed by atoms with E-state index in [-0.39, 0.29) is 19.0 Å². The van der Waals surface area contributed by atoms with Gasteiger partial charge in [-0.15, -0.1) is 0 Å². The molecule has 0 bridgehead atoms. The molecule has 2 aliphatic heterocycles. The first-order valence-corrected chi connectivity index (χ1v) is 9.61. The Balaban J connectivity index is 1.59. The Morgan fingerprint density at radius 1 is 1.22 bits per heavy atom. The standard InChI is InChI=1S/C18H27N5O4/c1-3-4-5-6-7-12-26-14-11(8-24)25-17(18(14,2)27-12)23-10-22-13-15(19)20-9-21-16(13)23/h9-12,14,17,24H,3-8H2,1-2H3,(H2,19,20,21)/t11-,12?,14-,17-,18-/m1/s1. The van der Waals surface area contributed by atoms with E-state index < -0.39 is 17.9 Å². The van der Waals surface area contributed by atoms with Gasteiger partial charge in [-0.3, -0.25) is 4.57 Å². The molecule has 2 aliphatic rings. The van der Waals surface area contributed by atoms with Gasteiger partial charge in [0, 0.05) is 0 Å². The zero-order chi connectivity index (χ0) is 19.0. The number of rotatable bonds is 7. The summed E-state index contributed by atoms with van der Waals surface area (Å²) in [5.74, 6) is 0.314. The van der Waals surface area contributed by atoms with Gasteiger partial charge in [0.2, 0.25) is 0 Å². The summed E-state index contributed by atoms with van der Waals surface area (Å²) in [6, 6.07) is 0. The second kappa shape index (κ2) is 7.31. The lowest BCUT2D eigenvalue weighted by Gasteiger charge is -2.28. The average Bonchev–Trinajstić information content (AvgIpc) is 3.29. The number of aliphatic hydroxyl groups is 1. The van der Waals surface area contributed by atoms with E-state index in [0.717, 1.165) is 19.3 Å². The minimum atomic E-state index is -0.754. The monoisotopic (exact) mass is 377 g/mol. The van der Waals surface area contributed by atoms with E-state index in [1.165, 1.54) is 19.2 Å². The van der Waals surface area contributed by atoms with Crippen molar-refractivity contribution >= 4 is 17.0 Å². The van der Waals surface area contributed by atoms with Gasteiger partial charge < -0.3 is 25.1 Å². The van der Waals surface area contributed by atoms with Crippen molar-refractivity contribution < 1.29 is 19.3 Å². The number of anilines is 1. The number of nitrogens with two attached hydrogens (primary N) is 1. The minimum absolute atomic E-state index is 0.146. The smallest absolute Gasteiger partial charge is 0.168 e. The van der Waals surface area contributed by atoms with Crippen molar-refractivity contribution in [2.24, 2.45) is 0 Å². The normalized spacial score (nSPS) is 33.0. The molecule has 2 aromatic rings. The molecule has 0 saturated carbocycles. The minimum Gasteiger partial charge on any atom is -0.394 e. The Hall–Kier alpha value is -1.81. The molecule has 9 heteroatoms. The molecular weight excluding hydrogens is 350 g/mol. The SMILES string of the molecule is CCCCCCC1O[C@@H]2[C@@H](CO)O[C@@H](n3cnc4c(N)ncnc43)[C@]2(C)O1. The Labute approximate surface area is 157 Å². The van der Waals surface area contributed by atoms with Crippen molar-refractivity contribution in [1.29, 1.82) is 0 Å². The molecule has 2 saturated heterocycles. The maximum atomic E-state index is 9.80. The van der Waals surface area contributed by atoms with Crippen molar-refractivity contribution in [3.05, 3.63) is 12.7 Å². The van der Waals surface area contributed by atoms with Gasteiger partial charge in [-0.05, 0) is 19.8 Å². The number of nitrogens with zero attached hydrogens (tertiary/aromatic N) is 4. The lowest BCUT2D eigenvalue weighted by atomic mass is 9.96. The number of hydrogen-bond donors (Lipinski definition) is 2. The predicted octanol–water partition coefficient (Wildman–Crippen LogP) is 1.77. The van der Waals surface area contributed by atoms with Gasteiger partial charge >= 0.3 is 0 Å². The average molecular weight is 377 g/mol. The van der Waals surface area contributed by atoms with Crippen molar-refractivity contribution in [3.63, 3.8) is 0 Å². The molecule has 0 aliphatic carbocycles. The summed E-state index contributed by atoms with van der Waals surface area (Å²) >= 11 is 0. The number of ether oxygens (including phenoxy) is 3. The predicted molar refractivity (Wildman–Crippen MR) is 97.6 cm³/mol. The summed E-state index contributed by atoms with van der Waals surface area (Å²) in [6.07, 6.45) is 6.80. The van der Waals surface area contributed by atoms with E-state index in [2.05, 4.69) is 21.9 Å². The Kier molecular flexibility index (Phi) is 5.02. The first-order chi connectivity index (χ1) is 13.1. The zero-order valence-electron chi connectivity index (χ0n) is 15.7. The quantitative estimate of drug-likeness (QED) is 0.701. The van der Waals surface area contributed by atoms with E-state index in [1.807, 2.05) is 6.92 Å². The van der Waals surface area contributed by atoms with Gasteiger partial charge in [0.25, 0.3) is 0 Å². The largest absolute Gasteiger partial charge is 0.394 e. The fourth-order valence-electron chi connectivity index (χ4n) is 4.09. The van der Waals surface area contributed by atoms with Crippen LogP contribution in [-0.4, -0.2) is 55.3 Å². The van der Waals surface area contributed by atoms with Crippen LogP contribution in [0.4, 0.5) is 5.82 Å². The van der Waals surface area contributed by atoms with Gasteiger partial charge in [0.1, 0.15) is 29.7 Å². The van der Waals surface area contributed by atoms with Crippen LogP contribution in [-0.2, 0) is 14.2 Å². The number of aliphatic hydroxyl groups excluding tert-OH is 1. The highest BCUT2D eigenvalue weighted by Crippen LogP contribution is 2.49. The van der Waals surface area contributed by atoms with Crippen LogP contribution in [0, 0.1) is 0 Å². The fraction of sp³-hybridized carbons (Fsp3) is 0.722. The fourth-order valence-corrected chi connectivity index (χ4v) is 4.09. The number of unbranched alkanes of at least 4 members (excludes halogenated alkanes) is 3. The second-order valence-corrected chi connectivity index (χ2v) is 7.43. The molecule has 0 aromatic carbocycles. The highest BCUT2D eigenvalue weighted by molar-refractivity contribution is 5.81. The van der Waals surface area contributed by atoms with Gasteiger partial charge in [-0.25, -0.2) is 15.0 Å². The molecule has 4 heterocycles. The third kappa shape index (κ3) is 3.08. The summed E-state index contributed by atoms with van der Waals surface area (Å²) in [7, 11) is 0. The van der Waals surface area contributed by atoms with Crippen LogP contribution < -0.4 is 5.73 Å². The van der Waals surface area contributed by atoms with E-state index in [1.54, 1.807) is 10.9 Å². The summed E-state index contributed by atoms with van der Waals surface area (Å²) < 4.78 is 20.3. The first-order valence-electron chi connectivity index (χ1n) is 9.61. The van der Waals surface area contributed by atoms with E-state index in [4.69, 9.17) is 19.9 Å². The second-order valence-electron chi connectivity index (χ2n) is 7.43. The highest BCUT2D eigenvalue weighted by atomic mass is 16.8. The number of imidazole rings is 1. The van der Waals surface area contributed by atoms with Crippen molar-refractivity contribution in [1.82, 2.24) is 19.5 Å². The lowest BCUT2D eigenvalue weighted by molar-refractivity contribution is -0.173. The van der Waals surface area contributed by atoms with Crippen LogP contribution >= 0.6 is 0 Å². The number of aromatic nitrogens is 4. The highest BCUT2D eigenvalue weighted by Gasteiger charge is 2.62. The molecule has 2 fully saturated rings. The molecule has 0 radical (unpaired) electrons. The lowest BCUT2D eigenvalue weighted by Crippen LogP contribution is -2.41. The maximum Gasteiger partial charge on any atom is 0.168 e. The maximum absolute atomic E-state index is 9.80. The van der Waals surface area contributed by atoms with Crippen LogP contribution in [0.3, 0.4) is 0 Å². The molecule has 5 atom stereocenters. The van der Waals surface area contributed by atoms with Gasteiger partial charge in [0.05, 0.1) is 12.9 Å². The summed E-state index contributed by atoms with van der Waals surface area (Å²) in [6.45, 7) is 4.00. The molecule has 0 spiro atoms. The molecule has 27 heavy (non-hydrogen) atoms. The summed E-state index contributed by atoms with van der Waals surface area (Å²) in [4.78, 5) is 12.6. The van der Waals surface area contributed by atoms with Gasteiger partial charge in [-0.1, -0.05) is 26.2 Å². The van der Waals surface area contributed by atoms with Crippen LogP contribution in [0.5, 0.6) is 0 Å². The molecule has 2 aromatic heterocycles. The van der Waals surface area contributed by atoms with Crippen molar-refractivity contribution in [2.45, 2.75) is 76.3 Å². The summed E-state index contributed by atoms with van der Waals surface area (Å²) in [5, 5.41) is 9.80. The molecular formula is C18H27N5O4. The van der Waals surface area contributed by atoms with Crippen LogP contribution in [0.25, 0.3) is 11.2 Å². The summed E-state index contributed by atoms with van der Waals surface area (Å²) in [5.41, 5.74) is 6.23. The Bertz CT molecular complexity index is 799.